The maximum atomic E-state index is 12.5. The number of rotatable bonds is 4. The van der Waals surface area contributed by atoms with Gasteiger partial charge in [0.1, 0.15) is 0 Å². The van der Waals surface area contributed by atoms with Gasteiger partial charge in [-0.15, -0.1) is 0 Å². The third-order valence-corrected chi connectivity index (χ3v) is 4.94. The lowest BCUT2D eigenvalue weighted by molar-refractivity contribution is 0.0827. The first-order chi connectivity index (χ1) is 10.7. The predicted octanol–water partition coefficient (Wildman–Crippen LogP) is 2.81. The zero-order chi connectivity index (χ0) is 17.2. The van der Waals surface area contributed by atoms with Gasteiger partial charge in [-0.3, -0.25) is 9.52 Å². The summed E-state index contributed by atoms with van der Waals surface area (Å²) in [5.41, 5.74) is 2.72. The Balaban J connectivity index is 2.32. The molecule has 0 aliphatic rings. The zero-order valence-corrected chi connectivity index (χ0v) is 14.4. The van der Waals surface area contributed by atoms with Crippen LogP contribution < -0.4 is 4.72 Å². The fourth-order valence-electron chi connectivity index (χ4n) is 2.07. The second-order valence-corrected chi connectivity index (χ2v) is 7.31. The Morgan fingerprint density at radius 2 is 1.70 bits per heavy atom. The highest BCUT2D eigenvalue weighted by atomic mass is 32.2. The number of anilines is 1. The summed E-state index contributed by atoms with van der Waals surface area (Å²) in [6.45, 7) is 3.79. The number of amides is 1. The Morgan fingerprint density at radius 3 is 2.30 bits per heavy atom. The quantitative estimate of drug-likeness (QED) is 0.936. The van der Waals surface area contributed by atoms with E-state index >= 15 is 0 Å². The van der Waals surface area contributed by atoms with Crippen LogP contribution in [0.2, 0.25) is 0 Å². The summed E-state index contributed by atoms with van der Waals surface area (Å²) in [6.07, 6.45) is 0. The molecular formula is C17H20N2O3S. The molecule has 1 amide bonds. The predicted molar refractivity (Wildman–Crippen MR) is 91.2 cm³/mol. The maximum absolute atomic E-state index is 12.5. The number of sulfonamides is 1. The summed E-state index contributed by atoms with van der Waals surface area (Å²) in [4.78, 5) is 13.6. The van der Waals surface area contributed by atoms with Gasteiger partial charge in [0.05, 0.1) is 4.90 Å². The third-order valence-electron chi connectivity index (χ3n) is 3.56. The Bertz CT molecular complexity index is 843. The van der Waals surface area contributed by atoms with Crippen molar-refractivity contribution in [1.82, 2.24) is 4.90 Å². The fourth-order valence-corrected chi connectivity index (χ4v) is 3.20. The van der Waals surface area contributed by atoms with Crippen LogP contribution in [0.25, 0.3) is 0 Å². The summed E-state index contributed by atoms with van der Waals surface area (Å²) in [6, 6.07) is 11.4. The minimum atomic E-state index is -3.69. The molecule has 0 saturated heterocycles. The van der Waals surface area contributed by atoms with E-state index in [2.05, 4.69) is 4.72 Å². The van der Waals surface area contributed by atoms with Crippen molar-refractivity contribution in [3.8, 4) is 0 Å². The second kappa shape index (κ2) is 6.42. The Kier molecular flexibility index (Phi) is 4.75. The largest absolute Gasteiger partial charge is 0.345 e. The average molecular weight is 332 g/mol. The molecule has 0 aromatic heterocycles. The number of carbonyl (C=O) groups excluding carboxylic acids is 1. The van der Waals surface area contributed by atoms with E-state index in [1.54, 1.807) is 50.5 Å². The summed E-state index contributed by atoms with van der Waals surface area (Å²) in [5.74, 6) is -0.183. The number of carbonyl (C=O) groups is 1. The summed E-state index contributed by atoms with van der Waals surface area (Å²) >= 11 is 0. The van der Waals surface area contributed by atoms with Crippen LogP contribution in [-0.2, 0) is 10.0 Å². The van der Waals surface area contributed by atoms with Crippen LogP contribution in [0.4, 0.5) is 5.69 Å². The molecule has 6 heteroatoms. The van der Waals surface area contributed by atoms with Gasteiger partial charge in [-0.2, -0.15) is 0 Å². The summed E-state index contributed by atoms with van der Waals surface area (Å²) < 4.78 is 27.5. The van der Waals surface area contributed by atoms with Gasteiger partial charge in [0.15, 0.2) is 0 Å². The molecule has 0 bridgehead atoms. The Morgan fingerprint density at radius 1 is 1.00 bits per heavy atom. The number of aryl methyl sites for hydroxylation is 2. The van der Waals surface area contributed by atoms with Gasteiger partial charge >= 0.3 is 0 Å². The SMILES string of the molecule is Cc1ccc(S(=O)(=O)Nc2cccc(C(=O)N(C)C)c2)cc1C. The number of hydrogen-bond acceptors (Lipinski definition) is 3. The van der Waals surface area contributed by atoms with E-state index in [-0.39, 0.29) is 10.8 Å². The van der Waals surface area contributed by atoms with E-state index in [1.165, 1.54) is 11.0 Å². The molecule has 0 heterocycles. The number of nitrogens with one attached hydrogen (secondary N) is 1. The van der Waals surface area contributed by atoms with E-state index in [1.807, 2.05) is 13.8 Å². The molecule has 2 rings (SSSR count). The second-order valence-electron chi connectivity index (χ2n) is 5.63. The monoisotopic (exact) mass is 332 g/mol. The van der Waals surface area contributed by atoms with Crippen LogP contribution in [0.15, 0.2) is 47.4 Å². The van der Waals surface area contributed by atoms with Gasteiger partial charge in [0, 0.05) is 25.3 Å². The molecule has 0 fully saturated rings. The average Bonchev–Trinajstić information content (AvgIpc) is 2.48. The molecular weight excluding hydrogens is 312 g/mol. The molecule has 1 N–H and O–H groups in total. The number of nitrogens with zero attached hydrogens (tertiary/aromatic N) is 1. The molecule has 0 radical (unpaired) electrons. The Labute approximate surface area is 137 Å². The molecule has 0 saturated carbocycles. The highest BCUT2D eigenvalue weighted by Crippen LogP contribution is 2.20. The Hall–Kier alpha value is -2.34. The molecule has 122 valence electrons. The van der Waals surface area contributed by atoms with Gasteiger partial charge in [-0.25, -0.2) is 8.42 Å². The molecule has 2 aromatic rings. The lowest BCUT2D eigenvalue weighted by atomic mass is 10.1. The minimum absolute atomic E-state index is 0.183. The van der Waals surface area contributed by atoms with E-state index in [0.717, 1.165) is 11.1 Å². The fraction of sp³-hybridized carbons (Fsp3) is 0.235. The molecule has 0 spiro atoms. The lowest BCUT2D eigenvalue weighted by Gasteiger charge is -2.13. The van der Waals surface area contributed by atoms with Crippen LogP contribution in [0.3, 0.4) is 0 Å². The van der Waals surface area contributed by atoms with Crippen molar-refractivity contribution in [3.05, 3.63) is 59.2 Å². The molecule has 23 heavy (non-hydrogen) atoms. The minimum Gasteiger partial charge on any atom is -0.345 e. The van der Waals surface area contributed by atoms with Gasteiger partial charge in [0.25, 0.3) is 15.9 Å². The molecule has 0 atom stereocenters. The van der Waals surface area contributed by atoms with Gasteiger partial charge < -0.3 is 4.90 Å². The van der Waals surface area contributed by atoms with Crippen LogP contribution in [0, 0.1) is 13.8 Å². The first-order valence-electron chi connectivity index (χ1n) is 7.12. The van der Waals surface area contributed by atoms with Crippen LogP contribution >= 0.6 is 0 Å². The standard InChI is InChI=1S/C17H20N2O3S/c1-12-8-9-16(10-13(12)2)23(21,22)18-15-7-5-6-14(11-15)17(20)19(3)4/h5-11,18H,1-4H3. The molecule has 5 nitrogen and oxygen atoms in total. The summed E-state index contributed by atoms with van der Waals surface area (Å²) in [5, 5.41) is 0. The van der Waals surface area contributed by atoms with Crippen molar-refractivity contribution in [2.24, 2.45) is 0 Å². The van der Waals surface area contributed by atoms with Crippen LogP contribution in [0.5, 0.6) is 0 Å². The van der Waals surface area contributed by atoms with Crippen molar-refractivity contribution in [3.63, 3.8) is 0 Å². The highest BCUT2D eigenvalue weighted by molar-refractivity contribution is 7.92. The third kappa shape index (κ3) is 3.90. The molecule has 0 aliphatic heterocycles. The summed E-state index contributed by atoms with van der Waals surface area (Å²) in [7, 11) is -0.396. The van der Waals surface area contributed by atoms with Crippen molar-refractivity contribution >= 4 is 21.6 Å². The molecule has 2 aromatic carbocycles. The van der Waals surface area contributed by atoms with Crippen LogP contribution in [0.1, 0.15) is 21.5 Å². The number of hydrogen-bond donors (Lipinski definition) is 1. The molecule has 0 unspecified atom stereocenters. The lowest BCUT2D eigenvalue weighted by Crippen LogP contribution is -2.22. The van der Waals surface area contributed by atoms with Crippen molar-refractivity contribution in [1.29, 1.82) is 0 Å². The smallest absolute Gasteiger partial charge is 0.261 e. The molecule has 0 aliphatic carbocycles. The first-order valence-corrected chi connectivity index (χ1v) is 8.61. The van der Waals surface area contributed by atoms with Crippen molar-refractivity contribution in [2.45, 2.75) is 18.7 Å². The zero-order valence-electron chi connectivity index (χ0n) is 13.6. The van der Waals surface area contributed by atoms with Gasteiger partial charge in [-0.05, 0) is 55.3 Å². The van der Waals surface area contributed by atoms with E-state index < -0.39 is 10.0 Å². The maximum Gasteiger partial charge on any atom is 0.261 e. The van der Waals surface area contributed by atoms with E-state index in [4.69, 9.17) is 0 Å². The van der Waals surface area contributed by atoms with Gasteiger partial charge in [-0.1, -0.05) is 12.1 Å². The number of benzene rings is 2. The van der Waals surface area contributed by atoms with E-state index in [9.17, 15) is 13.2 Å². The van der Waals surface area contributed by atoms with E-state index in [0.29, 0.717) is 11.3 Å². The first kappa shape index (κ1) is 17.0. The topological polar surface area (TPSA) is 66.5 Å². The van der Waals surface area contributed by atoms with Crippen molar-refractivity contribution < 1.29 is 13.2 Å². The van der Waals surface area contributed by atoms with Crippen molar-refractivity contribution in [2.75, 3.05) is 18.8 Å². The normalized spacial score (nSPS) is 11.1. The highest BCUT2D eigenvalue weighted by Gasteiger charge is 2.16. The van der Waals surface area contributed by atoms with Gasteiger partial charge in [0.2, 0.25) is 0 Å². The van der Waals surface area contributed by atoms with Crippen LogP contribution in [-0.4, -0.2) is 33.3 Å².